The summed E-state index contributed by atoms with van der Waals surface area (Å²) in [5.41, 5.74) is 2.48. The number of nitrogens with one attached hydrogen (secondary N) is 1. The fraction of sp³-hybridized carbons (Fsp3) is 0.312. The molecule has 0 radical (unpaired) electrons. The van der Waals surface area contributed by atoms with Gasteiger partial charge < -0.3 is 14.8 Å². The zero-order chi connectivity index (χ0) is 13.8. The number of benzene rings is 1. The molecule has 0 fully saturated rings. The first-order valence-electron chi connectivity index (χ1n) is 7.08. The van der Waals surface area contributed by atoms with E-state index in [0.29, 0.717) is 6.54 Å². The Bertz CT molecular complexity index is 635. The Morgan fingerprint density at radius 1 is 1.05 bits per heavy atom. The molecule has 1 aliphatic heterocycles. The molecular formula is C16H19N3O. The fourth-order valence-corrected chi connectivity index (χ4v) is 2.62. The molecule has 1 aromatic carbocycles. The molecule has 4 nitrogen and oxygen atoms in total. The van der Waals surface area contributed by atoms with Gasteiger partial charge in [0.25, 0.3) is 5.56 Å². The Morgan fingerprint density at radius 2 is 1.90 bits per heavy atom. The molecule has 0 spiro atoms. The van der Waals surface area contributed by atoms with Gasteiger partial charge in [-0.25, -0.2) is 0 Å². The van der Waals surface area contributed by atoms with Gasteiger partial charge in [-0.05, 0) is 24.6 Å². The van der Waals surface area contributed by atoms with Crippen molar-refractivity contribution in [2.24, 2.45) is 0 Å². The summed E-state index contributed by atoms with van der Waals surface area (Å²) in [5.74, 6) is 0. The Kier molecular flexibility index (Phi) is 3.72. The highest BCUT2D eigenvalue weighted by Crippen LogP contribution is 2.27. The van der Waals surface area contributed by atoms with E-state index in [0.717, 1.165) is 26.1 Å². The van der Waals surface area contributed by atoms with Crippen LogP contribution in [0.25, 0.3) is 0 Å². The van der Waals surface area contributed by atoms with Crippen molar-refractivity contribution in [2.45, 2.75) is 13.0 Å². The summed E-state index contributed by atoms with van der Waals surface area (Å²) in [6, 6.07) is 13.7. The number of pyridine rings is 1. The van der Waals surface area contributed by atoms with Crippen LogP contribution in [0.5, 0.6) is 0 Å². The second-order valence-electron chi connectivity index (χ2n) is 5.02. The van der Waals surface area contributed by atoms with Crippen molar-refractivity contribution in [2.75, 3.05) is 29.9 Å². The molecule has 0 saturated heterocycles. The third-order valence-corrected chi connectivity index (χ3v) is 3.67. The minimum absolute atomic E-state index is 0.0636. The van der Waals surface area contributed by atoms with Gasteiger partial charge in [0.05, 0.1) is 11.4 Å². The Morgan fingerprint density at radius 3 is 2.80 bits per heavy atom. The molecule has 0 atom stereocenters. The molecular weight excluding hydrogens is 250 g/mol. The standard InChI is InChI=1S/C16H19N3O/c20-16-8-3-4-10-19(16)13-12-18-11-5-9-17-14-6-1-2-7-15(14)18/h1-4,6-8,10,17H,5,9,11-13H2. The van der Waals surface area contributed by atoms with Crippen LogP contribution in [-0.4, -0.2) is 24.2 Å². The quantitative estimate of drug-likeness (QED) is 0.928. The normalized spacial score (nSPS) is 14.3. The lowest BCUT2D eigenvalue weighted by Gasteiger charge is -2.24. The molecule has 0 unspecified atom stereocenters. The van der Waals surface area contributed by atoms with E-state index in [1.165, 1.54) is 11.4 Å². The lowest BCUT2D eigenvalue weighted by atomic mass is 10.2. The van der Waals surface area contributed by atoms with E-state index >= 15 is 0 Å². The van der Waals surface area contributed by atoms with Crippen LogP contribution in [0.2, 0.25) is 0 Å². The first kappa shape index (κ1) is 12.8. The van der Waals surface area contributed by atoms with Gasteiger partial charge in [-0.2, -0.15) is 0 Å². The lowest BCUT2D eigenvalue weighted by molar-refractivity contribution is 0.633. The molecule has 0 aliphatic carbocycles. The van der Waals surface area contributed by atoms with E-state index in [1.54, 1.807) is 16.7 Å². The van der Waals surface area contributed by atoms with Crippen LogP contribution in [0.15, 0.2) is 53.5 Å². The van der Waals surface area contributed by atoms with Crippen molar-refractivity contribution in [1.82, 2.24) is 4.57 Å². The van der Waals surface area contributed by atoms with E-state index in [-0.39, 0.29) is 5.56 Å². The largest absolute Gasteiger partial charge is 0.383 e. The Hall–Kier alpha value is -2.23. The van der Waals surface area contributed by atoms with Crippen LogP contribution in [0.1, 0.15) is 6.42 Å². The van der Waals surface area contributed by atoms with Crippen molar-refractivity contribution in [3.63, 3.8) is 0 Å². The topological polar surface area (TPSA) is 37.3 Å². The van der Waals surface area contributed by atoms with Crippen LogP contribution in [0.3, 0.4) is 0 Å². The summed E-state index contributed by atoms with van der Waals surface area (Å²) in [4.78, 5) is 14.1. The number of hydrogen-bond donors (Lipinski definition) is 1. The minimum atomic E-state index is 0.0636. The number of aromatic nitrogens is 1. The maximum absolute atomic E-state index is 11.7. The van der Waals surface area contributed by atoms with Crippen LogP contribution < -0.4 is 15.8 Å². The van der Waals surface area contributed by atoms with Gasteiger partial charge in [0.15, 0.2) is 0 Å². The first-order valence-corrected chi connectivity index (χ1v) is 7.08. The smallest absolute Gasteiger partial charge is 0.250 e. The van der Waals surface area contributed by atoms with E-state index in [4.69, 9.17) is 0 Å². The molecule has 2 aromatic rings. The SMILES string of the molecule is O=c1ccccn1CCN1CCCNc2ccccc21. The van der Waals surface area contributed by atoms with E-state index < -0.39 is 0 Å². The molecule has 1 aromatic heterocycles. The predicted octanol–water partition coefficient (Wildman–Crippen LogP) is 2.17. The third-order valence-electron chi connectivity index (χ3n) is 3.67. The highest BCUT2D eigenvalue weighted by atomic mass is 16.1. The summed E-state index contributed by atoms with van der Waals surface area (Å²) in [6.07, 6.45) is 2.96. The van der Waals surface area contributed by atoms with E-state index in [9.17, 15) is 4.79 Å². The predicted molar refractivity (Wildman–Crippen MR) is 82.5 cm³/mol. The van der Waals surface area contributed by atoms with Crippen molar-refractivity contribution in [1.29, 1.82) is 0 Å². The minimum Gasteiger partial charge on any atom is -0.383 e. The molecule has 20 heavy (non-hydrogen) atoms. The highest BCUT2D eigenvalue weighted by molar-refractivity contribution is 5.70. The highest BCUT2D eigenvalue weighted by Gasteiger charge is 2.13. The molecule has 2 heterocycles. The average molecular weight is 269 g/mol. The van der Waals surface area contributed by atoms with Crippen molar-refractivity contribution >= 4 is 11.4 Å². The number of fused-ring (bicyclic) bond motifs is 1. The van der Waals surface area contributed by atoms with Gasteiger partial charge in [0.2, 0.25) is 0 Å². The average Bonchev–Trinajstić information content (AvgIpc) is 2.69. The zero-order valence-corrected chi connectivity index (χ0v) is 11.5. The van der Waals surface area contributed by atoms with Gasteiger partial charge >= 0.3 is 0 Å². The molecule has 0 amide bonds. The first-order chi connectivity index (χ1) is 9.84. The van der Waals surface area contributed by atoms with Crippen LogP contribution in [0.4, 0.5) is 11.4 Å². The molecule has 1 aliphatic rings. The van der Waals surface area contributed by atoms with Gasteiger partial charge in [-0.15, -0.1) is 0 Å². The number of rotatable bonds is 3. The lowest BCUT2D eigenvalue weighted by Crippen LogP contribution is -2.31. The van der Waals surface area contributed by atoms with Gasteiger partial charge in [-0.3, -0.25) is 4.79 Å². The molecule has 0 saturated carbocycles. The van der Waals surface area contributed by atoms with Gasteiger partial charge in [0, 0.05) is 38.4 Å². The summed E-state index contributed by atoms with van der Waals surface area (Å²) in [5, 5.41) is 3.45. The third kappa shape index (κ3) is 2.69. The summed E-state index contributed by atoms with van der Waals surface area (Å²) in [6.45, 7) is 3.58. The van der Waals surface area contributed by atoms with Crippen molar-refractivity contribution < 1.29 is 0 Å². The monoisotopic (exact) mass is 269 g/mol. The van der Waals surface area contributed by atoms with Crippen molar-refractivity contribution in [3.05, 3.63) is 59.0 Å². The second-order valence-corrected chi connectivity index (χ2v) is 5.02. The molecule has 1 N–H and O–H groups in total. The molecule has 104 valence electrons. The van der Waals surface area contributed by atoms with Crippen LogP contribution in [0, 0.1) is 0 Å². The van der Waals surface area contributed by atoms with Gasteiger partial charge in [0.1, 0.15) is 0 Å². The summed E-state index contributed by atoms with van der Waals surface area (Å²) < 4.78 is 1.76. The Balaban J connectivity index is 1.77. The number of anilines is 2. The number of hydrogen-bond acceptors (Lipinski definition) is 3. The van der Waals surface area contributed by atoms with Crippen molar-refractivity contribution in [3.8, 4) is 0 Å². The maximum Gasteiger partial charge on any atom is 0.250 e. The van der Waals surface area contributed by atoms with Gasteiger partial charge in [-0.1, -0.05) is 18.2 Å². The van der Waals surface area contributed by atoms with E-state index in [2.05, 4.69) is 34.5 Å². The molecule has 0 bridgehead atoms. The zero-order valence-electron chi connectivity index (χ0n) is 11.5. The molecule has 4 heteroatoms. The maximum atomic E-state index is 11.7. The summed E-state index contributed by atoms with van der Waals surface area (Å²) in [7, 11) is 0. The van der Waals surface area contributed by atoms with Crippen LogP contribution >= 0.6 is 0 Å². The number of para-hydroxylation sites is 2. The Labute approximate surface area is 118 Å². The fourth-order valence-electron chi connectivity index (χ4n) is 2.62. The summed E-state index contributed by atoms with van der Waals surface area (Å²) >= 11 is 0. The molecule has 3 rings (SSSR count). The van der Waals surface area contributed by atoms with E-state index in [1.807, 2.05) is 12.3 Å². The number of nitrogens with zero attached hydrogens (tertiary/aromatic N) is 2. The second kappa shape index (κ2) is 5.82. The van der Waals surface area contributed by atoms with Crippen LogP contribution in [-0.2, 0) is 6.54 Å².